The van der Waals surface area contributed by atoms with E-state index < -0.39 is 6.17 Å². The summed E-state index contributed by atoms with van der Waals surface area (Å²) < 4.78 is 26.7. The fourth-order valence-electron chi connectivity index (χ4n) is 2.31. The van der Waals surface area contributed by atoms with Crippen molar-refractivity contribution in [1.29, 1.82) is 5.41 Å². The number of alkyl halides is 1. The second-order valence-corrected chi connectivity index (χ2v) is 6.08. The number of halogens is 2. The minimum atomic E-state index is -1.17. The lowest BCUT2D eigenvalue weighted by atomic mass is 9.91. The topological polar surface area (TPSA) is 35.9 Å². The Bertz CT molecular complexity index is 614. The Hall–Kier alpha value is -1.97. The van der Waals surface area contributed by atoms with Crippen molar-refractivity contribution < 1.29 is 8.78 Å². The van der Waals surface area contributed by atoms with Crippen molar-refractivity contribution in [3.8, 4) is 0 Å². The summed E-state index contributed by atoms with van der Waals surface area (Å²) >= 11 is 0. The van der Waals surface area contributed by atoms with Crippen LogP contribution in [0, 0.1) is 11.2 Å². The summed E-state index contributed by atoms with van der Waals surface area (Å²) in [4.78, 5) is 0. The molecule has 0 radical (unpaired) electrons. The van der Waals surface area contributed by atoms with E-state index in [1.165, 1.54) is 19.2 Å². The van der Waals surface area contributed by atoms with Crippen molar-refractivity contribution in [2.45, 2.75) is 46.7 Å². The fraction of sp³-hybridized carbons (Fsp3) is 0.421. The SMILES string of the molecule is C/C(CN/C=C(\C=N)C(C)F)=C(\C)c1ccc(F)cc1C(C)C. The standard InChI is InChI=1S/C19H26F2N2/c1-12(2)19-8-17(21)6-7-18(19)14(4)13(3)10-23-11-16(9-22)15(5)20/h6-9,11-12,15,22-23H,10H2,1-5H3/b14-13-,16-11+,22-9?. The molecule has 2 N–H and O–H groups in total. The van der Waals surface area contributed by atoms with Gasteiger partial charge in [0.1, 0.15) is 12.0 Å². The van der Waals surface area contributed by atoms with Crippen LogP contribution in [0.3, 0.4) is 0 Å². The van der Waals surface area contributed by atoms with E-state index in [0.717, 1.165) is 28.5 Å². The molecule has 0 aromatic heterocycles. The fourth-order valence-corrected chi connectivity index (χ4v) is 2.31. The molecule has 1 unspecified atom stereocenters. The van der Waals surface area contributed by atoms with E-state index in [4.69, 9.17) is 5.41 Å². The summed E-state index contributed by atoms with van der Waals surface area (Å²) in [5.74, 6) is 0.00438. The van der Waals surface area contributed by atoms with Gasteiger partial charge in [-0.3, -0.25) is 0 Å². The lowest BCUT2D eigenvalue weighted by Crippen LogP contribution is -2.13. The van der Waals surface area contributed by atoms with Gasteiger partial charge in [-0.05, 0) is 55.5 Å². The molecule has 0 fully saturated rings. The molecule has 0 saturated heterocycles. The van der Waals surface area contributed by atoms with Crippen molar-refractivity contribution in [3.63, 3.8) is 0 Å². The van der Waals surface area contributed by atoms with Crippen LogP contribution in [-0.2, 0) is 0 Å². The molecule has 0 spiro atoms. The lowest BCUT2D eigenvalue weighted by Gasteiger charge is -2.16. The molecule has 0 aliphatic carbocycles. The van der Waals surface area contributed by atoms with Crippen LogP contribution in [0.1, 0.15) is 51.7 Å². The normalized spacial score (nSPS) is 14.5. The minimum absolute atomic E-state index is 0.225. The summed E-state index contributed by atoms with van der Waals surface area (Å²) in [7, 11) is 0. The van der Waals surface area contributed by atoms with E-state index in [9.17, 15) is 8.78 Å². The average Bonchev–Trinajstić information content (AvgIpc) is 2.50. The minimum Gasteiger partial charge on any atom is -0.387 e. The van der Waals surface area contributed by atoms with Crippen LogP contribution in [0.2, 0.25) is 0 Å². The van der Waals surface area contributed by atoms with E-state index in [-0.39, 0.29) is 11.7 Å². The maximum atomic E-state index is 13.5. The zero-order valence-electron chi connectivity index (χ0n) is 14.5. The second kappa shape index (κ2) is 8.61. The Morgan fingerprint density at radius 3 is 2.43 bits per heavy atom. The van der Waals surface area contributed by atoms with E-state index in [1.807, 2.05) is 33.8 Å². The van der Waals surface area contributed by atoms with Gasteiger partial charge in [-0.1, -0.05) is 25.5 Å². The summed E-state index contributed by atoms with van der Waals surface area (Å²) in [6.45, 7) is 10.0. The Morgan fingerprint density at radius 2 is 1.91 bits per heavy atom. The first-order valence-electron chi connectivity index (χ1n) is 7.82. The van der Waals surface area contributed by atoms with Crippen molar-refractivity contribution >= 4 is 11.8 Å². The van der Waals surface area contributed by atoms with E-state index in [2.05, 4.69) is 5.32 Å². The van der Waals surface area contributed by atoms with Crippen LogP contribution < -0.4 is 5.32 Å². The van der Waals surface area contributed by atoms with Gasteiger partial charge in [0.15, 0.2) is 0 Å². The monoisotopic (exact) mass is 320 g/mol. The molecule has 1 rings (SSSR count). The highest BCUT2D eigenvalue weighted by Gasteiger charge is 2.11. The quantitative estimate of drug-likeness (QED) is 0.664. The molecule has 1 aromatic carbocycles. The van der Waals surface area contributed by atoms with Crippen molar-refractivity contribution in [3.05, 3.63) is 52.5 Å². The molecule has 0 heterocycles. The molecule has 4 heteroatoms. The summed E-state index contributed by atoms with van der Waals surface area (Å²) in [6, 6.07) is 4.87. The second-order valence-electron chi connectivity index (χ2n) is 6.08. The Balaban J connectivity index is 3.00. The van der Waals surface area contributed by atoms with Crippen LogP contribution in [0.4, 0.5) is 8.78 Å². The van der Waals surface area contributed by atoms with Crippen LogP contribution in [0.25, 0.3) is 5.57 Å². The van der Waals surface area contributed by atoms with Crippen molar-refractivity contribution in [1.82, 2.24) is 5.32 Å². The van der Waals surface area contributed by atoms with Crippen molar-refractivity contribution in [2.24, 2.45) is 0 Å². The first-order chi connectivity index (χ1) is 10.8. The molecule has 1 atom stereocenters. The third kappa shape index (κ3) is 5.31. The maximum absolute atomic E-state index is 13.5. The molecular weight excluding hydrogens is 294 g/mol. The van der Waals surface area contributed by atoms with Gasteiger partial charge in [0.05, 0.1) is 0 Å². The molecular formula is C19H26F2N2. The number of benzene rings is 1. The van der Waals surface area contributed by atoms with Gasteiger partial charge >= 0.3 is 0 Å². The van der Waals surface area contributed by atoms with Crippen LogP contribution >= 0.6 is 0 Å². The Kier molecular flexibility index (Phi) is 7.14. The highest BCUT2D eigenvalue weighted by atomic mass is 19.1. The van der Waals surface area contributed by atoms with Crippen LogP contribution in [0.5, 0.6) is 0 Å². The molecule has 0 aliphatic rings. The maximum Gasteiger partial charge on any atom is 0.125 e. The van der Waals surface area contributed by atoms with E-state index in [0.29, 0.717) is 12.1 Å². The van der Waals surface area contributed by atoms with Crippen molar-refractivity contribution in [2.75, 3.05) is 6.54 Å². The van der Waals surface area contributed by atoms with Gasteiger partial charge in [0, 0.05) is 24.5 Å². The lowest BCUT2D eigenvalue weighted by molar-refractivity contribution is 0.420. The van der Waals surface area contributed by atoms with E-state index >= 15 is 0 Å². The predicted molar refractivity (Wildman–Crippen MR) is 94.2 cm³/mol. The summed E-state index contributed by atoms with van der Waals surface area (Å²) in [6.07, 6.45) is 1.37. The highest BCUT2D eigenvalue weighted by molar-refractivity contribution is 5.76. The van der Waals surface area contributed by atoms with Gasteiger partial charge in [-0.15, -0.1) is 0 Å². The first-order valence-corrected chi connectivity index (χ1v) is 7.82. The van der Waals surface area contributed by atoms with Gasteiger partial charge in [-0.25, -0.2) is 8.78 Å². The number of hydrogen-bond donors (Lipinski definition) is 2. The first kappa shape index (κ1) is 19.1. The largest absolute Gasteiger partial charge is 0.387 e. The average molecular weight is 320 g/mol. The number of nitrogens with one attached hydrogen (secondary N) is 2. The zero-order valence-corrected chi connectivity index (χ0v) is 14.5. The summed E-state index contributed by atoms with van der Waals surface area (Å²) in [5.41, 5.74) is 4.50. The Labute approximate surface area is 137 Å². The third-order valence-corrected chi connectivity index (χ3v) is 3.94. The zero-order chi connectivity index (χ0) is 17.6. The molecule has 0 amide bonds. The number of allylic oxidation sites excluding steroid dienone is 2. The van der Waals surface area contributed by atoms with Gasteiger partial charge < -0.3 is 10.7 Å². The molecule has 1 aromatic rings. The number of rotatable bonds is 7. The molecule has 126 valence electrons. The number of hydrogen-bond acceptors (Lipinski definition) is 2. The van der Waals surface area contributed by atoms with Crippen LogP contribution in [-0.4, -0.2) is 18.9 Å². The smallest absolute Gasteiger partial charge is 0.125 e. The van der Waals surface area contributed by atoms with Crippen LogP contribution in [0.15, 0.2) is 35.5 Å². The molecule has 23 heavy (non-hydrogen) atoms. The van der Waals surface area contributed by atoms with Gasteiger partial charge in [0.25, 0.3) is 0 Å². The molecule has 0 aliphatic heterocycles. The Morgan fingerprint density at radius 1 is 1.26 bits per heavy atom. The molecule has 0 bridgehead atoms. The third-order valence-electron chi connectivity index (χ3n) is 3.94. The molecule has 2 nitrogen and oxygen atoms in total. The predicted octanol–water partition coefficient (Wildman–Crippen LogP) is 5.22. The van der Waals surface area contributed by atoms with Gasteiger partial charge in [-0.2, -0.15) is 0 Å². The summed E-state index contributed by atoms with van der Waals surface area (Å²) in [5, 5.41) is 10.2. The highest BCUT2D eigenvalue weighted by Crippen LogP contribution is 2.28. The van der Waals surface area contributed by atoms with E-state index in [1.54, 1.807) is 6.07 Å². The molecule has 0 saturated carbocycles. The van der Waals surface area contributed by atoms with Gasteiger partial charge in [0.2, 0.25) is 0 Å².